The summed E-state index contributed by atoms with van der Waals surface area (Å²) in [4.78, 5) is 15.4. The molecule has 0 spiro atoms. The molecular weight excluding hydrogens is 258 g/mol. The molecular formula is C15H17NO2S. The maximum atomic E-state index is 11.0. The van der Waals surface area contributed by atoms with Gasteiger partial charge in [-0.1, -0.05) is 25.1 Å². The lowest BCUT2D eigenvalue weighted by Gasteiger charge is -2.22. The third kappa shape index (κ3) is 3.83. The Labute approximate surface area is 117 Å². The summed E-state index contributed by atoms with van der Waals surface area (Å²) in [7, 11) is 0. The zero-order valence-corrected chi connectivity index (χ0v) is 11.7. The van der Waals surface area contributed by atoms with Crippen molar-refractivity contribution in [2.24, 2.45) is 0 Å². The monoisotopic (exact) mass is 275 g/mol. The van der Waals surface area contributed by atoms with Crippen molar-refractivity contribution in [1.29, 1.82) is 0 Å². The number of para-hydroxylation sites is 1. The number of aliphatic carboxylic acids is 1. The lowest BCUT2D eigenvalue weighted by molar-refractivity contribution is -0.135. The number of carboxylic acid groups (broad SMARTS) is 1. The predicted molar refractivity (Wildman–Crippen MR) is 78.8 cm³/mol. The summed E-state index contributed by atoms with van der Waals surface area (Å²) in [5.41, 5.74) is 0.941. The largest absolute Gasteiger partial charge is 0.480 e. The Bertz CT molecular complexity index is 536. The third-order valence-electron chi connectivity index (χ3n) is 2.86. The summed E-state index contributed by atoms with van der Waals surface area (Å²) in [5, 5.41) is 9.04. The van der Waals surface area contributed by atoms with Crippen molar-refractivity contribution in [1.82, 2.24) is 0 Å². The molecule has 3 nitrogen and oxygen atoms in total. The molecule has 0 saturated heterocycles. The Morgan fingerprint density at radius 3 is 2.42 bits per heavy atom. The van der Waals surface area contributed by atoms with Crippen LogP contribution in [0.3, 0.4) is 0 Å². The first-order chi connectivity index (χ1) is 9.19. The lowest BCUT2D eigenvalue weighted by atomic mass is 10.2. The number of hydrogen-bond acceptors (Lipinski definition) is 3. The normalized spacial score (nSPS) is 10.4. The predicted octanol–water partition coefficient (Wildman–Crippen LogP) is 3.40. The third-order valence-corrected chi connectivity index (χ3v) is 4.07. The van der Waals surface area contributed by atoms with Crippen LogP contribution in [0.1, 0.15) is 16.7 Å². The van der Waals surface area contributed by atoms with E-state index >= 15 is 0 Å². The molecule has 0 atom stereocenters. The molecule has 0 saturated carbocycles. The average Bonchev–Trinajstić information content (AvgIpc) is 2.86. The van der Waals surface area contributed by atoms with E-state index in [1.165, 1.54) is 9.75 Å². The number of rotatable bonds is 6. The summed E-state index contributed by atoms with van der Waals surface area (Å²) in [6.07, 6.45) is 1.02. The molecule has 1 aromatic carbocycles. The van der Waals surface area contributed by atoms with Crippen LogP contribution in [-0.4, -0.2) is 17.6 Å². The van der Waals surface area contributed by atoms with Crippen LogP contribution in [0.5, 0.6) is 0 Å². The van der Waals surface area contributed by atoms with Gasteiger partial charge in [-0.05, 0) is 30.7 Å². The molecule has 100 valence electrons. The first-order valence-electron chi connectivity index (χ1n) is 6.28. The molecule has 1 heterocycles. The molecule has 0 aliphatic rings. The summed E-state index contributed by atoms with van der Waals surface area (Å²) < 4.78 is 0. The molecule has 0 unspecified atom stereocenters. The Hall–Kier alpha value is -1.81. The topological polar surface area (TPSA) is 40.5 Å². The Kier molecular flexibility index (Phi) is 4.58. The molecule has 2 aromatic rings. The van der Waals surface area contributed by atoms with Gasteiger partial charge in [-0.15, -0.1) is 11.3 Å². The molecule has 1 aromatic heterocycles. The van der Waals surface area contributed by atoms with Gasteiger partial charge in [-0.2, -0.15) is 0 Å². The molecule has 0 aliphatic heterocycles. The average molecular weight is 275 g/mol. The molecule has 2 rings (SSSR count). The standard InChI is InChI=1S/C15H17NO2S/c1-2-13-8-9-14(19-13)10-16(11-15(17)18)12-6-4-3-5-7-12/h3-9H,2,10-11H2,1H3,(H,17,18). The van der Waals surface area contributed by atoms with Crippen molar-refractivity contribution < 1.29 is 9.90 Å². The number of aryl methyl sites for hydroxylation is 1. The van der Waals surface area contributed by atoms with Gasteiger partial charge >= 0.3 is 5.97 Å². The van der Waals surface area contributed by atoms with Crippen molar-refractivity contribution in [3.8, 4) is 0 Å². The zero-order valence-electron chi connectivity index (χ0n) is 10.9. The van der Waals surface area contributed by atoms with Crippen molar-refractivity contribution in [2.45, 2.75) is 19.9 Å². The molecule has 4 heteroatoms. The van der Waals surface area contributed by atoms with E-state index in [2.05, 4.69) is 19.1 Å². The zero-order chi connectivity index (χ0) is 13.7. The highest BCUT2D eigenvalue weighted by molar-refractivity contribution is 7.12. The van der Waals surface area contributed by atoms with Crippen LogP contribution in [-0.2, 0) is 17.8 Å². The van der Waals surface area contributed by atoms with Crippen LogP contribution in [0.4, 0.5) is 5.69 Å². The molecule has 0 radical (unpaired) electrons. The van der Waals surface area contributed by atoms with Crippen LogP contribution in [0.2, 0.25) is 0 Å². The van der Waals surface area contributed by atoms with Crippen molar-refractivity contribution in [3.63, 3.8) is 0 Å². The Morgan fingerprint density at radius 2 is 1.84 bits per heavy atom. The fraction of sp³-hybridized carbons (Fsp3) is 0.267. The number of carbonyl (C=O) groups is 1. The van der Waals surface area contributed by atoms with E-state index in [1.807, 2.05) is 35.2 Å². The minimum atomic E-state index is -0.809. The fourth-order valence-electron chi connectivity index (χ4n) is 1.93. The summed E-state index contributed by atoms with van der Waals surface area (Å²) >= 11 is 1.75. The van der Waals surface area contributed by atoms with E-state index in [4.69, 9.17) is 5.11 Å². The number of thiophene rings is 1. The molecule has 0 fully saturated rings. The van der Waals surface area contributed by atoms with Crippen LogP contribution >= 0.6 is 11.3 Å². The van der Waals surface area contributed by atoms with Gasteiger partial charge < -0.3 is 10.0 Å². The lowest BCUT2D eigenvalue weighted by Crippen LogP contribution is -2.28. The molecule has 1 N–H and O–H groups in total. The maximum absolute atomic E-state index is 11.0. The number of hydrogen-bond donors (Lipinski definition) is 1. The van der Waals surface area contributed by atoms with Gasteiger partial charge in [-0.3, -0.25) is 4.79 Å². The second-order valence-corrected chi connectivity index (χ2v) is 5.56. The quantitative estimate of drug-likeness (QED) is 0.878. The van der Waals surface area contributed by atoms with Gasteiger partial charge in [0.25, 0.3) is 0 Å². The van der Waals surface area contributed by atoms with E-state index in [0.29, 0.717) is 6.54 Å². The second kappa shape index (κ2) is 6.38. The second-order valence-electron chi connectivity index (χ2n) is 4.31. The molecule has 0 amide bonds. The Balaban J connectivity index is 2.16. The van der Waals surface area contributed by atoms with Gasteiger partial charge in [0.05, 0.1) is 6.54 Å². The SMILES string of the molecule is CCc1ccc(CN(CC(=O)O)c2ccccc2)s1. The van der Waals surface area contributed by atoms with E-state index in [1.54, 1.807) is 11.3 Å². The van der Waals surface area contributed by atoms with E-state index in [-0.39, 0.29) is 6.54 Å². The van der Waals surface area contributed by atoms with Gasteiger partial charge in [-0.25, -0.2) is 0 Å². The van der Waals surface area contributed by atoms with E-state index in [9.17, 15) is 4.79 Å². The van der Waals surface area contributed by atoms with Crippen molar-refractivity contribution in [2.75, 3.05) is 11.4 Å². The fourth-order valence-corrected chi connectivity index (χ4v) is 2.90. The number of anilines is 1. The van der Waals surface area contributed by atoms with Gasteiger partial charge in [0.1, 0.15) is 6.54 Å². The van der Waals surface area contributed by atoms with Crippen LogP contribution in [0, 0.1) is 0 Å². The van der Waals surface area contributed by atoms with Gasteiger partial charge in [0.15, 0.2) is 0 Å². The van der Waals surface area contributed by atoms with Crippen LogP contribution < -0.4 is 4.90 Å². The number of nitrogens with zero attached hydrogens (tertiary/aromatic N) is 1. The first-order valence-corrected chi connectivity index (χ1v) is 7.10. The first kappa shape index (κ1) is 13.6. The molecule has 0 aliphatic carbocycles. The van der Waals surface area contributed by atoms with E-state index in [0.717, 1.165) is 12.1 Å². The number of benzene rings is 1. The van der Waals surface area contributed by atoms with Gasteiger partial charge in [0, 0.05) is 15.4 Å². The van der Waals surface area contributed by atoms with Gasteiger partial charge in [0.2, 0.25) is 0 Å². The van der Waals surface area contributed by atoms with E-state index < -0.39 is 5.97 Å². The summed E-state index contributed by atoms with van der Waals surface area (Å²) in [6, 6.07) is 13.9. The smallest absolute Gasteiger partial charge is 0.323 e. The summed E-state index contributed by atoms with van der Waals surface area (Å²) in [6.45, 7) is 2.78. The van der Waals surface area contributed by atoms with Crippen molar-refractivity contribution >= 4 is 23.0 Å². The minimum Gasteiger partial charge on any atom is -0.480 e. The Morgan fingerprint density at radius 1 is 1.16 bits per heavy atom. The maximum Gasteiger partial charge on any atom is 0.323 e. The molecule has 0 bridgehead atoms. The minimum absolute atomic E-state index is 0.0172. The van der Waals surface area contributed by atoms with Crippen LogP contribution in [0.15, 0.2) is 42.5 Å². The molecule has 19 heavy (non-hydrogen) atoms. The van der Waals surface area contributed by atoms with Crippen molar-refractivity contribution in [3.05, 3.63) is 52.2 Å². The highest BCUT2D eigenvalue weighted by Crippen LogP contribution is 2.22. The number of carboxylic acids is 1. The highest BCUT2D eigenvalue weighted by Gasteiger charge is 2.12. The van der Waals surface area contributed by atoms with Crippen LogP contribution in [0.25, 0.3) is 0 Å². The highest BCUT2D eigenvalue weighted by atomic mass is 32.1. The summed E-state index contributed by atoms with van der Waals surface area (Å²) in [5.74, 6) is -0.809.